The van der Waals surface area contributed by atoms with Gasteiger partial charge in [0.25, 0.3) is 0 Å². The molecule has 4 atom stereocenters. The summed E-state index contributed by atoms with van der Waals surface area (Å²) in [7, 11) is 0. The molecule has 3 aliphatic rings. The van der Waals surface area contributed by atoms with E-state index in [1.54, 1.807) is 16.0 Å². The molecule has 0 spiro atoms. The molecule has 1 fully saturated rings. The Morgan fingerprint density at radius 1 is 1.19 bits per heavy atom. The van der Waals surface area contributed by atoms with E-state index in [0.717, 1.165) is 17.1 Å². The first-order valence-corrected chi connectivity index (χ1v) is 9.20. The first kappa shape index (κ1) is 13.7. The molecule has 1 aromatic rings. The van der Waals surface area contributed by atoms with Crippen LogP contribution in [0.4, 0.5) is 0 Å². The minimum atomic E-state index is 0.337. The molecule has 1 heterocycles. The first-order valence-electron chi connectivity index (χ1n) is 8.32. The number of thioether (sulfide) groups is 1. The summed E-state index contributed by atoms with van der Waals surface area (Å²) in [5.74, 6) is 1.55. The Bertz CT molecular complexity index is 598. The van der Waals surface area contributed by atoms with Gasteiger partial charge in [0.1, 0.15) is 0 Å². The van der Waals surface area contributed by atoms with Gasteiger partial charge in [-0.15, -0.1) is 11.8 Å². The van der Waals surface area contributed by atoms with Crippen molar-refractivity contribution in [3.63, 3.8) is 0 Å². The Morgan fingerprint density at radius 2 is 2.00 bits per heavy atom. The summed E-state index contributed by atoms with van der Waals surface area (Å²) in [6.45, 7) is 4.87. The fourth-order valence-corrected chi connectivity index (χ4v) is 6.38. The van der Waals surface area contributed by atoms with Gasteiger partial charge in [-0.2, -0.15) is 0 Å². The van der Waals surface area contributed by atoms with Crippen molar-refractivity contribution in [1.82, 2.24) is 0 Å². The van der Waals surface area contributed by atoms with Crippen molar-refractivity contribution in [3.05, 3.63) is 58.5 Å². The zero-order chi connectivity index (χ0) is 14.4. The molecule has 1 aliphatic heterocycles. The van der Waals surface area contributed by atoms with Crippen LogP contribution in [-0.2, 0) is 5.41 Å². The molecule has 0 amide bonds. The van der Waals surface area contributed by atoms with Crippen LogP contribution in [0.25, 0.3) is 0 Å². The molecule has 1 heteroatoms. The molecule has 1 aromatic carbocycles. The van der Waals surface area contributed by atoms with E-state index in [-0.39, 0.29) is 0 Å². The third kappa shape index (κ3) is 2.12. The number of hydrogen-bond donors (Lipinski definition) is 0. The molecule has 110 valence electrons. The van der Waals surface area contributed by atoms with Gasteiger partial charge in [-0.3, -0.25) is 0 Å². The zero-order valence-corrected chi connectivity index (χ0v) is 13.8. The average molecular weight is 296 g/mol. The van der Waals surface area contributed by atoms with E-state index in [9.17, 15) is 0 Å². The molecule has 0 radical (unpaired) electrons. The topological polar surface area (TPSA) is 0 Å². The van der Waals surface area contributed by atoms with Crippen LogP contribution in [0.1, 0.15) is 45.1 Å². The van der Waals surface area contributed by atoms with Crippen molar-refractivity contribution in [2.45, 2.75) is 50.2 Å². The minimum Gasteiger partial charge on any atom is -0.121 e. The summed E-state index contributed by atoms with van der Waals surface area (Å²) in [5.41, 5.74) is 3.66. The van der Waals surface area contributed by atoms with Crippen LogP contribution in [0.2, 0.25) is 0 Å². The smallest absolute Gasteiger partial charge is 0.0254 e. The van der Waals surface area contributed by atoms with E-state index in [4.69, 9.17) is 0 Å². The Hall–Kier alpha value is -0.950. The van der Waals surface area contributed by atoms with E-state index < -0.39 is 0 Å². The van der Waals surface area contributed by atoms with E-state index in [1.165, 1.54) is 25.7 Å². The highest BCUT2D eigenvalue weighted by atomic mass is 32.2. The van der Waals surface area contributed by atoms with E-state index in [2.05, 4.69) is 68.1 Å². The molecule has 0 N–H and O–H groups in total. The normalized spacial score (nSPS) is 38.3. The molecule has 2 aliphatic carbocycles. The highest BCUT2D eigenvalue weighted by Crippen LogP contribution is 2.59. The molecule has 0 aromatic heterocycles. The monoisotopic (exact) mass is 296 g/mol. The number of allylic oxidation sites excluding steroid dienone is 3. The van der Waals surface area contributed by atoms with Gasteiger partial charge in [-0.1, -0.05) is 68.3 Å². The summed E-state index contributed by atoms with van der Waals surface area (Å²) in [4.78, 5) is 1.60. The Kier molecular flexibility index (Phi) is 3.29. The zero-order valence-electron chi connectivity index (χ0n) is 13.0. The predicted molar refractivity (Wildman–Crippen MR) is 92.5 cm³/mol. The SMILES string of the molecule is CC1C=CC2=C(C1)C1CCC[C@](C)(c3ccccc3)C1S2. The van der Waals surface area contributed by atoms with Crippen molar-refractivity contribution in [1.29, 1.82) is 0 Å². The quantitative estimate of drug-likeness (QED) is 0.639. The summed E-state index contributed by atoms with van der Waals surface area (Å²) in [6, 6.07) is 11.2. The maximum Gasteiger partial charge on any atom is 0.0254 e. The maximum atomic E-state index is 2.51. The lowest BCUT2D eigenvalue weighted by Gasteiger charge is -2.44. The Morgan fingerprint density at radius 3 is 2.81 bits per heavy atom. The van der Waals surface area contributed by atoms with Gasteiger partial charge < -0.3 is 0 Å². The average Bonchev–Trinajstić information content (AvgIpc) is 2.88. The van der Waals surface area contributed by atoms with Gasteiger partial charge in [-0.05, 0) is 36.7 Å². The van der Waals surface area contributed by atoms with E-state index in [1.807, 2.05) is 0 Å². The lowest BCUT2D eigenvalue weighted by atomic mass is 9.64. The Labute approximate surface area is 132 Å². The van der Waals surface area contributed by atoms with Gasteiger partial charge in [0, 0.05) is 15.6 Å². The highest BCUT2D eigenvalue weighted by molar-refractivity contribution is 8.04. The van der Waals surface area contributed by atoms with Crippen LogP contribution >= 0.6 is 11.8 Å². The van der Waals surface area contributed by atoms with Crippen LogP contribution in [0.15, 0.2) is 53.0 Å². The second kappa shape index (κ2) is 5.05. The lowest BCUT2D eigenvalue weighted by molar-refractivity contribution is 0.275. The molecular weight excluding hydrogens is 272 g/mol. The molecule has 21 heavy (non-hydrogen) atoms. The summed E-state index contributed by atoms with van der Waals surface area (Å²) in [5, 5.41) is 0.744. The van der Waals surface area contributed by atoms with Crippen molar-refractivity contribution >= 4 is 11.8 Å². The number of benzene rings is 1. The van der Waals surface area contributed by atoms with Crippen LogP contribution in [0, 0.1) is 11.8 Å². The highest BCUT2D eigenvalue weighted by Gasteiger charge is 2.49. The van der Waals surface area contributed by atoms with Crippen molar-refractivity contribution in [3.8, 4) is 0 Å². The lowest BCUT2D eigenvalue weighted by Crippen LogP contribution is -2.42. The van der Waals surface area contributed by atoms with Crippen LogP contribution in [-0.4, -0.2) is 5.25 Å². The van der Waals surface area contributed by atoms with Gasteiger partial charge in [0.2, 0.25) is 0 Å². The van der Waals surface area contributed by atoms with Crippen molar-refractivity contribution in [2.75, 3.05) is 0 Å². The predicted octanol–water partition coefficient (Wildman–Crippen LogP) is 5.71. The van der Waals surface area contributed by atoms with Gasteiger partial charge >= 0.3 is 0 Å². The fraction of sp³-hybridized carbons (Fsp3) is 0.500. The van der Waals surface area contributed by atoms with E-state index >= 15 is 0 Å². The number of rotatable bonds is 1. The van der Waals surface area contributed by atoms with Crippen molar-refractivity contribution in [2.24, 2.45) is 11.8 Å². The minimum absolute atomic E-state index is 0.337. The molecule has 0 bridgehead atoms. The van der Waals surface area contributed by atoms with Gasteiger partial charge in [0.15, 0.2) is 0 Å². The van der Waals surface area contributed by atoms with Gasteiger partial charge in [-0.25, -0.2) is 0 Å². The molecular formula is C20H24S. The number of hydrogen-bond acceptors (Lipinski definition) is 1. The molecule has 0 saturated heterocycles. The largest absolute Gasteiger partial charge is 0.121 e. The number of fused-ring (bicyclic) bond motifs is 2. The molecule has 1 saturated carbocycles. The third-order valence-electron chi connectivity index (χ3n) is 5.77. The van der Waals surface area contributed by atoms with Crippen molar-refractivity contribution < 1.29 is 0 Å². The second-order valence-corrected chi connectivity index (χ2v) is 8.43. The van der Waals surface area contributed by atoms with Crippen LogP contribution < -0.4 is 0 Å². The van der Waals surface area contributed by atoms with Gasteiger partial charge in [0.05, 0.1) is 0 Å². The maximum absolute atomic E-state index is 2.51. The molecule has 4 rings (SSSR count). The van der Waals surface area contributed by atoms with Crippen LogP contribution in [0.5, 0.6) is 0 Å². The summed E-state index contributed by atoms with van der Waals surface area (Å²) in [6.07, 6.45) is 10.2. The summed E-state index contributed by atoms with van der Waals surface area (Å²) < 4.78 is 0. The fourth-order valence-electron chi connectivity index (χ4n) is 4.58. The van der Waals surface area contributed by atoms with E-state index in [0.29, 0.717) is 5.41 Å². The standard InChI is InChI=1S/C20H24S/c1-14-10-11-18-17(13-14)16-9-6-12-20(2,19(16)21-18)15-7-4-3-5-8-15/h3-5,7-8,10-11,14,16,19H,6,9,12-13H2,1-2H3/t14?,16?,19?,20-/m1/s1. The Balaban J connectivity index is 1.71. The second-order valence-electron chi connectivity index (χ2n) is 7.25. The molecule has 3 unspecified atom stereocenters. The van der Waals surface area contributed by atoms with Crippen LogP contribution in [0.3, 0.4) is 0 Å². The molecule has 0 nitrogen and oxygen atoms in total. The third-order valence-corrected chi connectivity index (χ3v) is 7.53. The first-order chi connectivity index (χ1) is 10.2. The summed E-state index contributed by atoms with van der Waals surface area (Å²) >= 11 is 2.18.